The smallest absolute Gasteiger partial charge is 0.250 e. The minimum atomic E-state index is -0.593. The van der Waals surface area contributed by atoms with Gasteiger partial charge in [0.05, 0.1) is 6.61 Å². The Hall–Kier alpha value is -1.20. The predicted molar refractivity (Wildman–Crippen MR) is 63.4 cm³/mol. The van der Waals surface area contributed by atoms with Gasteiger partial charge in [-0.1, -0.05) is 0 Å². The fourth-order valence-corrected chi connectivity index (χ4v) is 1.06. The fraction of sp³-hybridized carbons (Fsp3) is 0.583. The Balaban J connectivity index is 2.76. The highest BCUT2D eigenvalue weighted by Gasteiger charge is 2.22. The van der Waals surface area contributed by atoms with Gasteiger partial charge in [0.15, 0.2) is 5.82 Å². The summed E-state index contributed by atoms with van der Waals surface area (Å²) < 4.78 is 19.1. The van der Waals surface area contributed by atoms with E-state index in [0.29, 0.717) is 6.61 Å². The Morgan fingerprint density at radius 1 is 1.47 bits per heavy atom. The van der Waals surface area contributed by atoms with E-state index in [1.165, 1.54) is 12.3 Å². The van der Waals surface area contributed by atoms with Gasteiger partial charge in [0, 0.05) is 17.3 Å². The van der Waals surface area contributed by atoms with E-state index >= 15 is 0 Å². The van der Waals surface area contributed by atoms with Crippen LogP contribution < -0.4 is 4.74 Å². The van der Waals surface area contributed by atoms with Crippen molar-refractivity contribution in [3.63, 3.8) is 0 Å². The van der Waals surface area contributed by atoms with E-state index in [2.05, 4.69) is 4.98 Å². The van der Waals surface area contributed by atoms with Crippen LogP contribution in [-0.2, 0) is 6.61 Å². The summed E-state index contributed by atoms with van der Waals surface area (Å²) in [6, 6.07) is 1.43. The number of aromatic nitrogens is 1. The molecule has 5 heteroatoms. The molecule has 0 aliphatic rings. The molecule has 0 unspecified atom stereocenters. The summed E-state index contributed by atoms with van der Waals surface area (Å²) in [4.78, 5) is 5.81. The van der Waals surface area contributed by atoms with Crippen molar-refractivity contribution >= 4 is 0 Å². The summed E-state index contributed by atoms with van der Waals surface area (Å²) in [5.41, 5.74) is -0.0266. The maximum Gasteiger partial charge on any atom is 0.250 e. The van der Waals surface area contributed by atoms with Gasteiger partial charge >= 0.3 is 0 Å². The molecule has 1 rings (SSSR count). The molecule has 1 aromatic rings. The second-order valence-electron chi connectivity index (χ2n) is 4.74. The van der Waals surface area contributed by atoms with Crippen molar-refractivity contribution in [2.45, 2.75) is 26.0 Å². The molecule has 96 valence electrons. The van der Waals surface area contributed by atoms with Gasteiger partial charge in [-0.3, -0.25) is 0 Å². The topological polar surface area (TPSA) is 45.6 Å². The first kappa shape index (κ1) is 13.9. The summed E-state index contributed by atoms with van der Waals surface area (Å²) >= 11 is 0. The zero-order valence-corrected chi connectivity index (χ0v) is 10.7. The van der Waals surface area contributed by atoms with Crippen molar-refractivity contribution in [1.29, 1.82) is 0 Å². The highest BCUT2D eigenvalue weighted by Crippen LogP contribution is 2.19. The van der Waals surface area contributed by atoms with E-state index in [4.69, 9.17) is 9.84 Å². The van der Waals surface area contributed by atoms with Crippen LogP contribution in [0.2, 0.25) is 0 Å². The second-order valence-corrected chi connectivity index (χ2v) is 4.74. The number of halogens is 1. The van der Waals surface area contributed by atoms with Crippen LogP contribution in [0.4, 0.5) is 4.39 Å². The number of aliphatic hydroxyl groups excluding tert-OH is 1. The molecule has 1 heterocycles. The number of hydrogen-bond donors (Lipinski definition) is 1. The molecular formula is C12H19FN2O2. The molecule has 0 saturated heterocycles. The second kappa shape index (κ2) is 5.42. The van der Waals surface area contributed by atoms with Crippen molar-refractivity contribution in [2.24, 2.45) is 0 Å². The number of aliphatic hydroxyl groups is 1. The van der Waals surface area contributed by atoms with Crippen LogP contribution >= 0.6 is 0 Å². The third kappa shape index (κ3) is 3.38. The van der Waals surface area contributed by atoms with Crippen LogP contribution in [0, 0.1) is 5.82 Å². The molecule has 1 aromatic heterocycles. The molecule has 0 aliphatic heterocycles. The Bertz CT molecular complexity index is 381. The first-order chi connectivity index (χ1) is 7.88. The average molecular weight is 242 g/mol. The predicted octanol–water partition coefficient (Wildman–Crippen LogP) is 1.43. The van der Waals surface area contributed by atoms with E-state index in [9.17, 15) is 4.39 Å². The highest BCUT2D eigenvalue weighted by atomic mass is 19.1. The van der Waals surface area contributed by atoms with Crippen molar-refractivity contribution < 1.29 is 14.2 Å². The zero-order chi connectivity index (χ0) is 13.1. The average Bonchev–Trinajstić information content (AvgIpc) is 2.27. The molecule has 1 N–H and O–H groups in total. The lowest BCUT2D eigenvalue weighted by atomic mass is 10.1. The van der Waals surface area contributed by atoms with Crippen LogP contribution in [0.5, 0.6) is 5.88 Å². The lowest BCUT2D eigenvalue weighted by Crippen LogP contribution is -2.43. The number of ether oxygens (including phenoxy) is 1. The molecule has 0 radical (unpaired) electrons. The minimum absolute atomic E-state index is 0.0634. The molecule has 0 bridgehead atoms. The largest absolute Gasteiger partial charge is 0.474 e. The van der Waals surface area contributed by atoms with Gasteiger partial charge in [-0.2, -0.15) is 0 Å². The molecule has 0 aliphatic carbocycles. The lowest BCUT2D eigenvalue weighted by molar-refractivity contribution is 0.107. The SMILES string of the molecule is CN(C)C(C)(C)COc1nccc(CO)c1F. The maximum atomic E-state index is 13.7. The molecular weight excluding hydrogens is 223 g/mol. The molecule has 0 spiro atoms. The first-order valence-electron chi connectivity index (χ1n) is 5.43. The summed E-state index contributed by atoms with van der Waals surface area (Å²) in [6.45, 7) is 3.93. The number of pyridine rings is 1. The lowest BCUT2D eigenvalue weighted by Gasteiger charge is -2.31. The van der Waals surface area contributed by atoms with Crippen LogP contribution in [-0.4, -0.2) is 41.2 Å². The normalized spacial score (nSPS) is 11.9. The van der Waals surface area contributed by atoms with Crippen LogP contribution in [0.3, 0.4) is 0 Å². The molecule has 4 nitrogen and oxygen atoms in total. The number of hydrogen-bond acceptors (Lipinski definition) is 4. The molecule has 0 amide bonds. The van der Waals surface area contributed by atoms with E-state index < -0.39 is 5.82 Å². The van der Waals surface area contributed by atoms with Crippen molar-refractivity contribution in [1.82, 2.24) is 9.88 Å². The van der Waals surface area contributed by atoms with Crippen molar-refractivity contribution in [3.8, 4) is 5.88 Å². The third-order valence-corrected chi connectivity index (χ3v) is 2.88. The van der Waals surface area contributed by atoms with Crippen molar-refractivity contribution in [2.75, 3.05) is 20.7 Å². The minimum Gasteiger partial charge on any atom is -0.474 e. The molecule has 0 fully saturated rings. The Labute approximate surface area is 101 Å². The van der Waals surface area contributed by atoms with E-state index in [1.54, 1.807) is 0 Å². The first-order valence-corrected chi connectivity index (χ1v) is 5.43. The Kier molecular flexibility index (Phi) is 4.42. The van der Waals surface area contributed by atoms with Crippen LogP contribution in [0.25, 0.3) is 0 Å². The monoisotopic (exact) mass is 242 g/mol. The molecule has 0 aromatic carbocycles. The van der Waals surface area contributed by atoms with Gasteiger partial charge in [-0.15, -0.1) is 0 Å². The molecule has 0 saturated carbocycles. The van der Waals surface area contributed by atoms with E-state index in [-0.39, 0.29) is 23.6 Å². The zero-order valence-electron chi connectivity index (χ0n) is 10.7. The quantitative estimate of drug-likeness (QED) is 0.848. The van der Waals surface area contributed by atoms with E-state index in [1.807, 2.05) is 32.8 Å². The Morgan fingerprint density at radius 2 is 2.12 bits per heavy atom. The van der Waals surface area contributed by atoms with Gasteiger partial charge in [0.1, 0.15) is 6.61 Å². The molecule has 0 atom stereocenters. The standard InChI is InChI=1S/C12H19FN2O2/c1-12(2,15(3)4)8-17-11-10(13)9(7-16)5-6-14-11/h5-6,16H,7-8H2,1-4H3. The summed E-state index contributed by atoms with van der Waals surface area (Å²) in [7, 11) is 3.86. The van der Waals surface area contributed by atoms with Crippen LogP contribution in [0.15, 0.2) is 12.3 Å². The molecule has 17 heavy (non-hydrogen) atoms. The van der Waals surface area contributed by atoms with E-state index in [0.717, 1.165) is 0 Å². The van der Waals surface area contributed by atoms with Gasteiger partial charge in [-0.05, 0) is 34.0 Å². The van der Waals surface area contributed by atoms with Crippen molar-refractivity contribution in [3.05, 3.63) is 23.6 Å². The summed E-state index contributed by atoms with van der Waals surface area (Å²) in [5, 5.41) is 8.93. The highest BCUT2D eigenvalue weighted by molar-refractivity contribution is 5.22. The number of rotatable bonds is 5. The fourth-order valence-electron chi connectivity index (χ4n) is 1.06. The number of likely N-dealkylation sites (N-methyl/N-ethyl adjacent to an activating group) is 1. The van der Waals surface area contributed by atoms with Gasteiger partial charge in [-0.25, -0.2) is 9.37 Å². The number of nitrogens with zero attached hydrogens (tertiary/aromatic N) is 2. The summed E-state index contributed by atoms with van der Waals surface area (Å²) in [5.74, 6) is -0.656. The Morgan fingerprint density at radius 3 is 2.65 bits per heavy atom. The van der Waals surface area contributed by atoms with Gasteiger partial charge < -0.3 is 14.7 Å². The van der Waals surface area contributed by atoms with Gasteiger partial charge in [0.25, 0.3) is 5.88 Å². The van der Waals surface area contributed by atoms with Crippen LogP contribution in [0.1, 0.15) is 19.4 Å². The maximum absolute atomic E-state index is 13.7. The van der Waals surface area contributed by atoms with Gasteiger partial charge in [0.2, 0.25) is 0 Å². The third-order valence-electron chi connectivity index (χ3n) is 2.88. The summed E-state index contributed by atoms with van der Waals surface area (Å²) in [6.07, 6.45) is 1.42.